The number of hydrogen-bond donors (Lipinski definition) is 1. The molecule has 0 radical (unpaired) electrons. The molecule has 4 nitrogen and oxygen atoms in total. The Morgan fingerprint density at radius 3 is 2.65 bits per heavy atom. The number of aliphatic hydroxyl groups is 1. The first kappa shape index (κ1) is 16.2. The van der Waals surface area contributed by atoms with Crippen molar-refractivity contribution in [2.45, 2.75) is 51.2 Å². The van der Waals surface area contributed by atoms with E-state index < -0.39 is 0 Å². The van der Waals surface area contributed by atoms with Crippen molar-refractivity contribution in [3.05, 3.63) is 0 Å². The first-order chi connectivity index (χ1) is 9.69. The van der Waals surface area contributed by atoms with E-state index in [1.54, 1.807) is 7.11 Å². The molecule has 1 N–H and O–H groups in total. The quantitative estimate of drug-likeness (QED) is 0.776. The third-order valence-corrected chi connectivity index (χ3v) is 4.82. The monoisotopic (exact) mass is 285 g/mol. The lowest BCUT2D eigenvalue weighted by Gasteiger charge is -2.41. The summed E-state index contributed by atoms with van der Waals surface area (Å²) in [7, 11) is 1.67. The molecule has 2 rings (SSSR count). The molecular formula is C16H31NO3. The Bertz CT molecular complexity index is 274. The largest absolute Gasteiger partial charge is 0.389 e. The third-order valence-electron chi connectivity index (χ3n) is 4.82. The lowest BCUT2D eigenvalue weighted by atomic mass is 9.75. The van der Waals surface area contributed by atoms with Gasteiger partial charge in [0.25, 0.3) is 0 Å². The lowest BCUT2D eigenvalue weighted by Crippen LogP contribution is -2.45. The molecule has 0 aromatic rings. The van der Waals surface area contributed by atoms with Crippen LogP contribution in [0.5, 0.6) is 0 Å². The molecule has 0 bridgehead atoms. The summed E-state index contributed by atoms with van der Waals surface area (Å²) in [6, 6.07) is 0. The summed E-state index contributed by atoms with van der Waals surface area (Å²) >= 11 is 0. The summed E-state index contributed by atoms with van der Waals surface area (Å²) in [5.41, 5.74) is 0. The van der Waals surface area contributed by atoms with Crippen molar-refractivity contribution in [1.82, 2.24) is 4.90 Å². The van der Waals surface area contributed by atoms with Gasteiger partial charge in [-0.15, -0.1) is 0 Å². The van der Waals surface area contributed by atoms with Crippen molar-refractivity contribution in [2.24, 2.45) is 11.8 Å². The van der Waals surface area contributed by atoms with E-state index in [4.69, 9.17) is 9.47 Å². The van der Waals surface area contributed by atoms with Crippen LogP contribution >= 0.6 is 0 Å². The van der Waals surface area contributed by atoms with Crippen LogP contribution in [0.4, 0.5) is 0 Å². The minimum atomic E-state index is -0.380. The van der Waals surface area contributed by atoms with Gasteiger partial charge in [-0.25, -0.2) is 0 Å². The first-order valence-corrected chi connectivity index (χ1v) is 8.20. The minimum absolute atomic E-state index is 0.0544. The van der Waals surface area contributed by atoms with Gasteiger partial charge in [0.15, 0.2) is 0 Å². The van der Waals surface area contributed by atoms with Crippen LogP contribution < -0.4 is 0 Å². The molecule has 0 aromatic heterocycles. The van der Waals surface area contributed by atoms with Crippen LogP contribution in [0.25, 0.3) is 0 Å². The second-order valence-electron chi connectivity index (χ2n) is 6.61. The normalized spacial score (nSPS) is 30.8. The highest BCUT2D eigenvalue weighted by molar-refractivity contribution is 4.84. The van der Waals surface area contributed by atoms with Crippen LogP contribution in [-0.4, -0.2) is 62.2 Å². The highest BCUT2D eigenvalue weighted by Crippen LogP contribution is 2.35. The SMILES string of the molecule is COCC(C)OCC(O)CN1CCC2CCCCC2C1. The summed E-state index contributed by atoms with van der Waals surface area (Å²) < 4.78 is 10.6. The molecule has 0 amide bonds. The summed E-state index contributed by atoms with van der Waals surface area (Å²) in [5, 5.41) is 10.1. The van der Waals surface area contributed by atoms with Crippen LogP contribution in [-0.2, 0) is 9.47 Å². The van der Waals surface area contributed by atoms with E-state index in [1.807, 2.05) is 6.92 Å². The second-order valence-corrected chi connectivity index (χ2v) is 6.61. The van der Waals surface area contributed by atoms with Gasteiger partial charge in [-0.05, 0) is 38.1 Å². The molecular weight excluding hydrogens is 254 g/mol. The van der Waals surface area contributed by atoms with E-state index in [-0.39, 0.29) is 12.2 Å². The molecule has 1 aliphatic carbocycles. The van der Waals surface area contributed by atoms with E-state index in [0.717, 1.165) is 24.9 Å². The number of fused-ring (bicyclic) bond motifs is 1. The van der Waals surface area contributed by atoms with Gasteiger partial charge >= 0.3 is 0 Å². The average Bonchev–Trinajstić information content (AvgIpc) is 2.45. The van der Waals surface area contributed by atoms with Crippen LogP contribution in [0.2, 0.25) is 0 Å². The summed E-state index contributed by atoms with van der Waals surface area (Å²) in [5.74, 6) is 1.83. The van der Waals surface area contributed by atoms with Gasteiger partial charge in [-0.1, -0.05) is 19.3 Å². The highest BCUT2D eigenvalue weighted by atomic mass is 16.5. The maximum Gasteiger partial charge on any atom is 0.0900 e. The molecule has 1 saturated heterocycles. The molecule has 20 heavy (non-hydrogen) atoms. The molecule has 4 unspecified atom stereocenters. The molecule has 2 aliphatic rings. The Morgan fingerprint density at radius 1 is 1.15 bits per heavy atom. The molecule has 118 valence electrons. The molecule has 1 aliphatic heterocycles. The molecule has 0 spiro atoms. The van der Waals surface area contributed by atoms with E-state index in [9.17, 15) is 5.11 Å². The molecule has 1 saturated carbocycles. The van der Waals surface area contributed by atoms with Crippen molar-refractivity contribution in [2.75, 3.05) is 40.0 Å². The Balaban J connectivity index is 1.65. The molecule has 2 fully saturated rings. The smallest absolute Gasteiger partial charge is 0.0900 e. The van der Waals surface area contributed by atoms with Gasteiger partial charge in [0.05, 0.1) is 25.4 Å². The van der Waals surface area contributed by atoms with Crippen molar-refractivity contribution >= 4 is 0 Å². The molecule has 4 atom stereocenters. The molecule has 0 aromatic carbocycles. The van der Waals surface area contributed by atoms with Gasteiger partial charge in [0, 0.05) is 20.2 Å². The number of methoxy groups -OCH3 is 1. The second kappa shape index (κ2) is 8.32. The van der Waals surface area contributed by atoms with Gasteiger partial charge < -0.3 is 19.5 Å². The number of aliphatic hydroxyl groups excluding tert-OH is 1. The number of β-amino-alcohol motifs (C(OH)–C–C–N with tert-alkyl or cyclic N) is 1. The zero-order valence-electron chi connectivity index (χ0n) is 13.1. The van der Waals surface area contributed by atoms with Crippen molar-refractivity contribution < 1.29 is 14.6 Å². The Hall–Kier alpha value is -0.160. The van der Waals surface area contributed by atoms with E-state index in [1.165, 1.54) is 38.6 Å². The Morgan fingerprint density at radius 2 is 1.90 bits per heavy atom. The zero-order valence-corrected chi connectivity index (χ0v) is 13.1. The fourth-order valence-electron chi connectivity index (χ4n) is 3.75. The topological polar surface area (TPSA) is 41.9 Å². The third kappa shape index (κ3) is 4.99. The maximum absolute atomic E-state index is 10.1. The predicted octanol–water partition coefficient (Wildman–Crippen LogP) is 1.91. The molecule has 4 heteroatoms. The first-order valence-electron chi connectivity index (χ1n) is 8.20. The maximum atomic E-state index is 10.1. The average molecular weight is 285 g/mol. The van der Waals surface area contributed by atoms with Gasteiger partial charge in [-0.2, -0.15) is 0 Å². The molecule has 1 heterocycles. The fourth-order valence-corrected chi connectivity index (χ4v) is 3.75. The van der Waals surface area contributed by atoms with E-state index in [0.29, 0.717) is 13.2 Å². The van der Waals surface area contributed by atoms with Crippen molar-refractivity contribution in [3.8, 4) is 0 Å². The summed E-state index contributed by atoms with van der Waals surface area (Å²) in [6.07, 6.45) is 6.63. The Labute approximate surface area is 123 Å². The van der Waals surface area contributed by atoms with E-state index in [2.05, 4.69) is 4.90 Å². The minimum Gasteiger partial charge on any atom is -0.389 e. The predicted molar refractivity (Wildman–Crippen MR) is 79.8 cm³/mol. The van der Waals surface area contributed by atoms with Crippen LogP contribution in [0, 0.1) is 11.8 Å². The van der Waals surface area contributed by atoms with Crippen LogP contribution in [0.1, 0.15) is 39.0 Å². The zero-order chi connectivity index (χ0) is 14.4. The number of hydrogen-bond acceptors (Lipinski definition) is 4. The number of rotatable bonds is 7. The van der Waals surface area contributed by atoms with Gasteiger partial charge in [0.2, 0.25) is 0 Å². The van der Waals surface area contributed by atoms with E-state index >= 15 is 0 Å². The lowest BCUT2D eigenvalue weighted by molar-refractivity contribution is -0.0454. The van der Waals surface area contributed by atoms with Crippen molar-refractivity contribution in [3.63, 3.8) is 0 Å². The Kier molecular flexibility index (Phi) is 6.75. The number of piperidine rings is 1. The van der Waals surface area contributed by atoms with Gasteiger partial charge in [0.1, 0.15) is 0 Å². The standard InChI is InChI=1S/C16H31NO3/c1-13(11-19-2)20-12-16(18)10-17-8-7-14-5-3-4-6-15(14)9-17/h13-16,18H,3-12H2,1-2H3. The summed E-state index contributed by atoms with van der Waals surface area (Å²) in [4.78, 5) is 2.43. The highest BCUT2D eigenvalue weighted by Gasteiger charge is 2.31. The number of ether oxygens (including phenoxy) is 2. The van der Waals surface area contributed by atoms with Crippen molar-refractivity contribution in [1.29, 1.82) is 0 Å². The number of likely N-dealkylation sites (tertiary alicyclic amines) is 1. The number of nitrogens with zero attached hydrogens (tertiary/aromatic N) is 1. The van der Waals surface area contributed by atoms with Crippen LogP contribution in [0.15, 0.2) is 0 Å². The summed E-state index contributed by atoms with van der Waals surface area (Å²) in [6.45, 7) is 6.04. The van der Waals surface area contributed by atoms with Crippen LogP contribution in [0.3, 0.4) is 0 Å². The van der Waals surface area contributed by atoms with Gasteiger partial charge in [-0.3, -0.25) is 0 Å². The fraction of sp³-hybridized carbons (Fsp3) is 1.00.